The van der Waals surface area contributed by atoms with Crippen molar-refractivity contribution in [1.29, 1.82) is 0 Å². The Balaban J connectivity index is 2.14. The van der Waals surface area contributed by atoms with Gasteiger partial charge in [-0.25, -0.2) is 8.42 Å². The van der Waals surface area contributed by atoms with Gasteiger partial charge in [0.15, 0.2) is 9.84 Å². The number of nitrogens with one attached hydrogen (secondary N) is 1. The number of hydrogen-bond donors (Lipinski definition) is 1. The lowest BCUT2D eigenvalue weighted by Gasteiger charge is -2.11. The van der Waals surface area contributed by atoms with Gasteiger partial charge in [0.2, 0.25) is 0 Å². The quantitative estimate of drug-likeness (QED) is 0.670. The van der Waals surface area contributed by atoms with Crippen molar-refractivity contribution in [3.8, 4) is 0 Å². The highest BCUT2D eigenvalue weighted by Gasteiger charge is 2.11. The van der Waals surface area contributed by atoms with Crippen LogP contribution in [0.25, 0.3) is 0 Å². The zero-order valence-electron chi connectivity index (χ0n) is 7.99. The van der Waals surface area contributed by atoms with Crippen molar-refractivity contribution in [2.45, 2.75) is 25.8 Å². The second-order valence-electron chi connectivity index (χ2n) is 3.33. The molecule has 0 saturated heterocycles. The summed E-state index contributed by atoms with van der Waals surface area (Å²) in [5.41, 5.74) is 0. The molecule has 76 valence electrons. The number of hydrogen-bond acceptors (Lipinski definition) is 3. The second-order valence-corrected chi connectivity index (χ2v) is 5.80. The summed E-state index contributed by atoms with van der Waals surface area (Å²) in [7, 11) is -2.79. The lowest BCUT2D eigenvalue weighted by molar-refractivity contribution is 0.549. The van der Waals surface area contributed by atoms with E-state index in [1.54, 1.807) is 6.92 Å². The molecule has 4 heteroatoms. The third-order valence-electron chi connectivity index (χ3n) is 2.29. The summed E-state index contributed by atoms with van der Waals surface area (Å²) in [4.78, 5) is 0. The van der Waals surface area contributed by atoms with E-state index in [4.69, 9.17) is 0 Å². The van der Waals surface area contributed by atoms with Gasteiger partial charge in [0.1, 0.15) is 0 Å². The van der Waals surface area contributed by atoms with E-state index in [1.807, 2.05) is 0 Å². The average molecular weight is 203 g/mol. The maximum absolute atomic E-state index is 11.1. The van der Waals surface area contributed by atoms with E-state index in [2.05, 4.69) is 17.5 Å². The van der Waals surface area contributed by atoms with Gasteiger partial charge in [-0.15, -0.1) is 0 Å². The summed E-state index contributed by atoms with van der Waals surface area (Å²) in [6, 6.07) is 0.465. The minimum atomic E-state index is -2.79. The Hall–Kier alpha value is -0.350. The molecule has 1 aliphatic carbocycles. The van der Waals surface area contributed by atoms with E-state index < -0.39 is 9.84 Å². The van der Waals surface area contributed by atoms with E-state index in [0.29, 0.717) is 12.6 Å². The Labute approximate surface area is 80.1 Å². The molecule has 0 spiro atoms. The zero-order chi connectivity index (χ0) is 9.73. The summed E-state index contributed by atoms with van der Waals surface area (Å²) in [6.07, 6.45) is 6.33. The highest BCUT2D eigenvalue weighted by Crippen LogP contribution is 2.08. The van der Waals surface area contributed by atoms with Crippen LogP contribution in [0.15, 0.2) is 12.2 Å². The topological polar surface area (TPSA) is 46.2 Å². The van der Waals surface area contributed by atoms with Crippen molar-refractivity contribution < 1.29 is 8.42 Å². The van der Waals surface area contributed by atoms with Gasteiger partial charge in [0.05, 0.1) is 5.75 Å². The van der Waals surface area contributed by atoms with Gasteiger partial charge in [-0.05, 0) is 12.8 Å². The molecular weight excluding hydrogens is 186 g/mol. The van der Waals surface area contributed by atoms with Gasteiger partial charge < -0.3 is 5.32 Å². The Kier molecular flexibility index (Phi) is 3.93. The monoisotopic (exact) mass is 203 g/mol. The molecule has 0 aromatic carbocycles. The summed E-state index contributed by atoms with van der Waals surface area (Å²) in [5.74, 6) is 0.512. The van der Waals surface area contributed by atoms with E-state index in [1.165, 1.54) is 0 Å². The summed E-state index contributed by atoms with van der Waals surface area (Å²) >= 11 is 0. The van der Waals surface area contributed by atoms with Gasteiger partial charge >= 0.3 is 0 Å². The first-order chi connectivity index (χ1) is 6.14. The van der Waals surface area contributed by atoms with Crippen LogP contribution in [-0.2, 0) is 9.84 Å². The molecule has 3 nitrogen and oxygen atoms in total. The normalized spacial score (nSPS) is 18.2. The van der Waals surface area contributed by atoms with Crippen LogP contribution in [0.4, 0.5) is 0 Å². The molecule has 1 rings (SSSR count). The molecule has 0 radical (unpaired) electrons. The van der Waals surface area contributed by atoms with Crippen molar-refractivity contribution in [3.63, 3.8) is 0 Å². The van der Waals surface area contributed by atoms with Crippen molar-refractivity contribution in [2.24, 2.45) is 0 Å². The molecule has 13 heavy (non-hydrogen) atoms. The second kappa shape index (κ2) is 4.77. The van der Waals surface area contributed by atoms with Crippen LogP contribution < -0.4 is 5.32 Å². The molecule has 0 aliphatic heterocycles. The molecule has 0 fully saturated rings. The molecule has 0 saturated carbocycles. The molecule has 0 amide bonds. The van der Waals surface area contributed by atoms with Crippen molar-refractivity contribution >= 4 is 9.84 Å². The van der Waals surface area contributed by atoms with Crippen LogP contribution in [0.2, 0.25) is 0 Å². The van der Waals surface area contributed by atoms with Gasteiger partial charge in [0.25, 0.3) is 0 Å². The van der Waals surface area contributed by atoms with E-state index in [9.17, 15) is 8.42 Å². The minimum Gasteiger partial charge on any atom is -0.312 e. The van der Waals surface area contributed by atoms with Crippen LogP contribution >= 0.6 is 0 Å². The smallest absolute Gasteiger partial charge is 0.151 e. The fourth-order valence-corrected chi connectivity index (χ4v) is 2.06. The van der Waals surface area contributed by atoms with Crippen LogP contribution in [0.3, 0.4) is 0 Å². The Morgan fingerprint density at radius 2 is 2.00 bits per heavy atom. The van der Waals surface area contributed by atoms with Crippen molar-refractivity contribution in [3.05, 3.63) is 12.2 Å². The lowest BCUT2D eigenvalue weighted by Crippen LogP contribution is -2.31. The lowest BCUT2D eigenvalue weighted by atomic mass is 10.2. The van der Waals surface area contributed by atoms with Crippen LogP contribution in [0.1, 0.15) is 19.8 Å². The van der Waals surface area contributed by atoms with Crippen molar-refractivity contribution in [1.82, 2.24) is 5.32 Å². The molecule has 0 bridgehead atoms. The molecule has 0 aromatic heterocycles. The predicted molar refractivity (Wildman–Crippen MR) is 54.5 cm³/mol. The fourth-order valence-electron chi connectivity index (χ4n) is 1.35. The fraction of sp³-hybridized carbons (Fsp3) is 0.778. The first-order valence-corrected chi connectivity index (χ1v) is 6.55. The Bertz CT molecular complexity index is 261. The largest absolute Gasteiger partial charge is 0.312 e. The molecule has 0 aromatic rings. The third-order valence-corrected chi connectivity index (χ3v) is 4.00. The highest BCUT2D eigenvalue weighted by atomic mass is 32.2. The molecule has 0 unspecified atom stereocenters. The number of sulfone groups is 1. The van der Waals surface area contributed by atoms with Gasteiger partial charge in [0, 0.05) is 18.3 Å². The average Bonchev–Trinajstić information content (AvgIpc) is 2.57. The highest BCUT2D eigenvalue weighted by molar-refractivity contribution is 7.91. The van der Waals surface area contributed by atoms with Crippen LogP contribution in [-0.4, -0.2) is 32.5 Å². The van der Waals surface area contributed by atoms with Gasteiger partial charge in [-0.1, -0.05) is 19.1 Å². The van der Waals surface area contributed by atoms with E-state index in [-0.39, 0.29) is 11.5 Å². The molecule has 1 N–H and O–H groups in total. The van der Waals surface area contributed by atoms with E-state index in [0.717, 1.165) is 12.8 Å². The van der Waals surface area contributed by atoms with Gasteiger partial charge in [-0.3, -0.25) is 0 Å². The molecular formula is C9H17NO2S. The zero-order valence-corrected chi connectivity index (χ0v) is 8.81. The van der Waals surface area contributed by atoms with Crippen LogP contribution in [0, 0.1) is 0 Å². The first kappa shape index (κ1) is 10.7. The van der Waals surface area contributed by atoms with Crippen molar-refractivity contribution in [2.75, 3.05) is 18.1 Å². The Morgan fingerprint density at radius 3 is 2.54 bits per heavy atom. The summed E-state index contributed by atoms with van der Waals surface area (Å²) < 4.78 is 22.2. The Morgan fingerprint density at radius 1 is 1.38 bits per heavy atom. The minimum absolute atomic E-state index is 0.248. The molecule has 0 heterocycles. The molecule has 0 atom stereocenters. The predicted octanol–water partition coefficient (Wildman–Crippen LogP) is 0.729. The molecule has 1 aliphatic rings. The third kappa shape index (κ3) is 3.91. The maximum Gasteiger partial charge on any atom is 0.151 e. The maximum atomic E-state index is 11.1. The summed E-state index contributed by atoms with van der Waals surface area (Å²) in [5, 5.41) is 3.23. The van der Waals surface area contributed by atoms with E-state index >= 15 is 0 Å². The van der Waals surface area contributed by atoms with Crippen LogP contribution in [0.5, 0.6) is 0 Å². The summed E-state index contributed by atoms with van der Waals surface area (Å²) in [6.45, 7) is 2.27. The standard InChI is InChI=1S/C9H17NO2S/c1-2-13(11,12)8-7-10-9-5-3-4-6-9/h3-4,9-10H,2,5-8H2,1H3. The first-order valence-electron chi connectivity index (χ1n) is 4.73. The SMILES string of the molecule is CCS(=O)(=O)CCNC1CC=CC1. The van der Waals surface area contributed by atoms with Gasteiger partial charge in [-0.2, -0.15) is 0 Å². The number of rotatable bonds is 5.